The van der Waals surface area contributed by atoms with E-state index in [1.54, 1.807) is 4.52 Å². The molecule has 0 aliphatic carbocycles. The summed E-state index contributed by atoms with van der Waals surface area (Å²) in [5.74, 6) is 0.743. The minimum atomic E-state index is -0.221. The van der Waals surface area contributed by atoms with Gasteiger partial charge in [0.15, 0.2) is 5.82 Å². The molecule has 0 unspecified atom stereocenters. The molecule has 136 valence electrons. The average Bonchev–Trinajstić information content (AvgIpc) is 3.23. The number of hydrogen-bond donors (Lipinski definition) is 1. The summed E-state index contributed by atoms with van der Waals surface area (Å²) in [7, 11) is 0. The molecule has 1 aromatic carbocycles. The fourth-order valence-corrected chi connectivity index (χ4v) is 3.92. The maximum Gasteiger partial charge on any atom is 0.286 e. The summed E-state index contributed by atoms with van der Waals surface area (Å²) < 4.78 is 1.66. The minimum absolute atomic E-state index is 0.199. The van der Waals surface area contributed by atoms with Crippen molar-refractivity contribution in [1.29, 1.82) is 0 Å². The first-order valence-corrected chi connectivity index (χ1v) is 9.82. The maximum atomic E-state index is 12.5. The minimum Gasteiger partial charge on any atom is -0.372 e. The summed E-state index contributed by atoms with van der Waals surface area (Å²) in [6, 6.07) is 8.02. The zero-order chi connectivity index (χ0) is 18.1. The van der Waals surface area contributed by atoms with E-state index in [0.717, 1.165) is 24.6 Å². The van der Waals surface area contributed by atoms with E-state index in [2.05, 4.69) is 37.6 Å². The lowest BCUT2D eigenvalue weighted by molar-refractivity contribution is 0.102. The predicted molar refractivity (Wildman–Crippen MR) is 103 cm³/mol. The Morgan fingerprint density at radius 3 is 2.54 bits per heavy atom. The molecular weight excluding hydrogens is 348 g/mol. The smallest absolute Gasteiger partial charge is 0.286 e. The molecule has 7 nitrogen and oxygen atoms in total. The fourth-order valence-electron chi connectivity index (χ4n) is 3.18. The van der Waals surface area contributed by atoms with Gasteiger partial charge in [-0.2, -0.15) is 4.52 Å². The van der Waals surface area contributed by atoms with Crippen LogP contribution in [-0.4, -0.2) is 38.8 Å². The highest BCUT2D eigenvalue weighted by molar-refractivity contribution is 7.18. The number of rotatable bonds is 4. The van der Waals surface area contributed by atoms with E-state index in [1.807, 2.05) is 26.0 Å². The molecule has 4 rings (SSSR count). The Hall–Kier alpha value is -2.48. The molecule has 1 aliphatic rings. The van der Waals surface area contributed by atoms with Gasteiger partial charge >= 0.3 is 0 Å². The standard InChI is InChI=1S/C18H22N6OS/c1-12(2)15-20-21-18-24(15)22-17(26-18)16(25)19-13-6-8-14(9-7-13)23-10-4-3-5-11-23/h6-9,12H,3-5,10-11H2,1-2H3,(H,19,25). The zero-order valence-electron chi connectivity index (χ0n) is 15.0. The summed E-state index contributed by atoms with van der Waals surface area (Å²) in [5.41, 5.74) is 1.98. The Bertz CT molecular complexity index is 908. The van der Waals surface area contributed by atoms with Crippen molar-refractivity contribution in [2.24, 2.45) is 0 Å². The molecule has 1 amide bonds. The maximum absolute atomic E-state index is 12.5. The van der Waals surface area contributed by atoms with Crippen LogP contribution in [0.2, 0.25) is 0 Å². The van der Waals surface area contributed by atoms with Crippen LogP contribution in [0.3, 0.4) is 0 Å². The van der Waals surface area contributed by atoms with Crippen LogP contribution >= 0.6 is 11.3 Å². The normalized spacial score (nSPS) is 15.0. The summed E-state index contributed by atoms with van der Waals surface area (Å²) in [4.78, 5) is 15.5. The molecule has 26 heavy (non-hydrogen) atoms. The third-order valence-electron chi connectivity index (χ3n) is 4.57. The van der Waals surface area contributed by atoms with E-state index in [9.17, 15) is 4.79 Å². The molecular formula is C18H22N6OS. The Balaban J connectivity index is 1.47. The van der Waals surface area contributed by atoms with Crippen LogP contribution < -0.4 is 10.2 Å². The molecule has 1 aliphatic heterocycles. The number of benzene rings is 1. The van der Waals surface area contributed by atoms with Gasteiger partial charge in [-0.15, -0.1) is 15.3 Å². The number of anilines is 2. The zero-order valence-corrected chi connectivity index (χ0v) is 15.8. The van der Waals surface area contributed by atoms with Gasteiger partial charge in [0.2, 0.25) is 9.97 Å². The lowest BCUT2D eigenvalue weighted by Gasteiger charge is -2.28. The van der Waals surface area contributed by atoms with Crippen LogP contribution in [0.1, 0.15) is 54.7 Å². The van der Waals surface area contributed by atoms with Gasteiger partial charge < -0.3 is 10.2 Å². The molecule has 0 spiro atoms. The Morgan fingerprint density at radius 2 is 1.85 bits per heavy atom. The van der Waals surface area contributed by atoms with Crippen molar-refractivity contribution in [3.05, 3.63) is 35.1 Å². The van der Waals surface area contributed by atoms with Gasteiger partial charge in [-0.05, 0) is 43.5 Å². The van der Waals surface area contributed by atoms with Crippen molar-refractivity contribution in [2.75, 3.05) is 23.3 Å². The SMILES string of the molecule is CC(C)c1nnc2sc(C(=O)Nc3ccc(N4CCCCC4)cc3)nn12. The molecule has 0 atom stereocenters. The first-order valence-electron chi connectivity index (χ1n) is 9.00. The van der Waals surface area contributed by atoms with Gasteiger partial charge in [0, 0.05) is 30.4 Å². The summed E-state index contributed by atoms with van der Waals surface area (Å²) in [5, 5.41) is 15.9. The monoisotopic (exact) mass is 370 g/mol. The molecule has 3 heterocycles. The third kappa shape index (κ3) is 3.29. The predicted octanol–water partition coefficient (Wildman–Crippen LogP) is 3.55. The van der Waals surface area contributed by atoms with Crippen molar-refractivity contribution < 1.29 is 4.79 Å². The topological polar surface area (TPSA) is 75.4 Å². The number of piperidine rings is 1. The summed E-state index contributed by atoms with van der Waals surface area (Å²) >= 11 is 1.25. The Kier molecular flexibility index (Phi) is 4.58. The number of amides is 1. The van der Waals surface area contributed by atoms with Crippen LogP contribution in [0, 0.1) is 0 Å². The van der Waals surface area contributed by atoms with Gasteiger partial charge in [-0.3, -0.25) is 4.79 Å². The molecule has 1 N–H and O–H groups in total. The number of nitrogens with one attached hydrogen (secondary N) is 1. The van der Waals surface area contributed by atoms with Crippen molar-refractivity contribution in [2.45, 2.75) is 39.0 Å². The second-order valence-corrected chi connectivity index (χ2v) is 7.82. The van der Waals surface area contributed by atoms with E-state index >= 15 is 0 Å². The van der Waals surface area contributed by atoms with Crippen LogP contribution in [0.5, 0.6) is 0 Å². The van der Waals surface area contributed by atoms with Crippen molar-refractivity contribution in [3.8, 4) is 0 Å². The molecule has 3 aromatic rings. The number of nitrogens with zero attached hydrogens (tertiary/aromatic N) is 5. The van der Waals surface area contributed by atoms with E-state index in [0.29, 0.717) is 9.97 Å². The number of hydrogen-bond acceptors (Lipinski definition) is 6. The second kappa shape index (κ2) is 7.03. The van der Waals surface area contributed by atoms with Crippen LogP contribution in [0.4, 0.5) is 11.4 Å². The lowest BCUT2D eigenvalue weighted by Crippen LogP contribution is -2.29. The fraction of sp³-hybridized carbons (Fsp3) is 0.444. The molecule has 1 fully saturated rings. The Morgan fingerprint density at radius 1 is 1.12 bits per heavy atom. The van der Waals surface area contributed by atoms with E-state index < -0.39 is 0 Å². The van der Waals surface area contributed by atoms with Gasteiger partial charge in [0.1, 0.15) is 0 Å². The molecule has 0 bridgehead atoms. The molecule has 1 saturated heterocycles. The van der Waals surface area contributed by atoms with Crippen molar-refractivity contribution in [1.82, 2.24) is 19.8 Å². The van der Waals surface area contributed by atoms with Crippen LogP contribution in [-0.2, 0) is 0 Å². The molecule has 0 saturated carbocycles. The summed E-state index contributed by atoms with van der Waals surface area (Å²) in [6.45, 7) is 6.27. The number of carbonyl (C=O) groups excluding carboxylic acids is 1. The second-order valence-electron chi connectivity index (χ2n) is 6.86. The Labute approximate surface area is 156 Å². The highest BCUT2D eigenvalue weighted by Crippen LogP contribution is 2.23. The first kappa shape index (κ1) is 17.0. The van der Waals surface area contributed by atoms with Crippen LogP contribution in [0.25, 0.3) is 4.96 Å². The number of aromatic nitrogens is 4. The van der Waals surface area contributed by atoms with Gasteiger partial charge in [-0.25, -0.2) is 0 Å². The molecule has 8 heteroatoms. The van der Waals surface area contributed by atoms with Gasteiger partial charge in [0.25, 0.3) is 5.91 Å². The molecule has 0 radical (unpaired) electrons. The van der Waals surface area contributed by atoms with Crippen LogP contribution in [0.15, 0.2) is 24.3 Å². The molecule has 2 aromatic heterocycles. The summed E-state index contributed by atoms with van der Waals surface area (Å²) in [6.07, 6.45) is 3.81. The lowest BCUT2D eigenvalue weighted by atomic mass is 10.1. The highest BCUT2D eigenvalue weighted by Gasteiger charge is 2.18. The van der Waals surface area contributed by atoms with E-state index in [-0.39, 0.29) is 11.8 Å². The van der Waals surface area contributed by atoms with Crippen molar-refractivity contribution in [3.63, 3.8) is 0 Å². The first-order chi connectivity index (χ1) is 12.6. The van der Waals surface area contributed by atoms with Crippen molar-refractivity contribution >= 4 is 33.6 Å². The van der Waals surface area contributed by atoms with Gasteiger partial charge in [-0.1, -0.05) is 25.2 Å². The quantitative estimate of drug-likeness (QED) is 0.760. The number of fused-ring (bicyclic) bond motifs is 1. The third-order valence-corrected chi connectivity index (χ3v) is 5.47. The van der Waals surface area contributed by atoms with Gasteiger partial charge in [0.05, 0.1) is 0 Å². The largest absolute Gasteiger partial charge is 0.372 e. The average molecular weight is 370 g/mol. The van der Waals surface area contributed by atoms with E-state index in [1.165, 1.54) is 36.3 Å². The number of carbonyl (C=O) groups is 1. The highest BCUT2D eigenvalue weighted by atomic mass is 32.1. The van der Waals surface area contributed by atoms with E-state index in [4.69, 9.17) is 0 Å².